The van der Waals surface area contributed by atoms with E-state index in [2.05, 4.69) is 10.0 Å². The summed E-state index contributed by atoms with van der Waals surface area (Å²) in [6, 6.07) is 8.03. The molecule has 4 rings (SSSR count). The van der Waals surface area contributed by atoms with Crippen LogP contribution in [0.2, 0.25) is 0 Å². The van der Waals surface area contributed by atoms with Crippen molar-refractivity contribution in [1.29, 1.82) is 5.53 Å². The van der Waals surface area contributed by atoms with E-state index >= 15 is 0 Å². The fraction of sp³-hybridized carbons (Fsp3) is 0.389. The highest BCUT2D eigenvalue weighted by atomic mass is 16.6. The second-order valence-electron chi connectivity index (χ2n) is 6.57. The molecule has 0 saturated carbocycles. The van der Waals surface area contributed by atoms with E-state index in [1.807, 2.05) is 30.3 Å². The molecule has 1 aromatic carbocycles. The Labute approximate surface area is 159 Å². The van der Waals surface area contributed by atoms with Crippen molar-refractivity contribution in [3.8, 4) is 0 Å². The first-order valence-corrected chi connectivity index (χ1v) is 8.74. The summed E-state index contributed by atoms with van der Waals surface area (Å²) in [6.45, 7) is 0.0870. The maximum absolute atomic E-state index is 12.7. The minimum Gasteiger partial charge on any atom is -0.471 e. The molecule has 144 valence electrons. The fourth-order valence-electron chi connectivity index (χ4n) is 3.42. The average molecular weight is 385 g/mol. The van der Waals surface area contributed by atoms with Crippen LogP contribution in [0.5, 0.6) is 0 Å². The van der Waals surface area contributed by atoms with Crippen molar-refractivity contribution in [1.82, 2.24) is 9.81 Å². The Morgan fingerprint density at radius 2 is 2.04 bits per heavy atom. The Kier molecular flexibility index (Phi) is 4.62. The normalized spacial score (nSPS) is 28.0. The second-order valence-corrected chi connectivity index (χ2v) is 6.57. The van der Waals surface area contributed by atoms with Crippen molar-refractivity contribution in [3.05, 3.63) is 47.2 Å². The number of cyclic esters (lactones) is 1. The highest BCUT2D eigenvalue weighted by Gasteiger charge is 2.56. The first kappa shape index (κ1) is 17.9. The van der Waals surface area contributed by atoms with Crippen LogP contribution in [0.4, 0.5) is 0 Å². The Morgan fingerprint density at radius 3 is 2.75 bits per heavy atom. The molecule has 3 heterocycles. The quantitative estimate of drug-likeness (QED) is 0.262. The summed E-state index contributed by atoms with van der Waals surface area (Å²) >= 11 is 0. The number of carbonyl (C=O) groups is 3. The van der Waals surface area contributed by atoms with Crippen molar-refractivity contribution in [2.45, 2.75) is 37.8 Å². The Balaban J connectivity index is 1.56. The molecule has 3 atom stereocenters. The smallest absolute Gasteiger partial charge is 0.338 e. The predicted octanol–water partition coefficient (Wildman–Crippen LogP) is 0.807. The molecule has 3 saturated heterocycles. The third kappa shape index (κ3) is 3.14. The van der Waals surface area contributed by atoms with Crippen LogP contribution < -0.4 is 4.91 Å². The molecule has 0 bridgehead atoms. The number of nitrogens with zero attached hydrogens (tertiary/aromatic N) is 3. The first-order valence-electron chi connectivity index (χ1n) is 8.74. The summed E-state index contributed by atoms with van der Waals surface area (Å²) in [7, 11) is 0. The van der Waals surface area contributed by atoms with E-state index in [4.69, 9.17) is 19.7 Å². The minimum absolute atomic E-state index is 0.0429. The van der Waals surface area contributed by atoms with Crippen LogP contribution in [0.15, 0.2) is 46.8 Å². The molecule has 2 unspecified atom stereocenters. The van der Waals surface area contributed by atoms with Crippen LogP contribution in [0.25, 0.3) is 0 Å². The van der Waals surface area contributed by atoms with Gasteiger partial charge in [-0.15, -0.1) is 0 Å². The Bertz CT molecular complexity index is 908. The summed E-state index contributed by atoms with van der Waals surface area (Å²) in [6.07, 6.45) is -0.864. The summed E-state index contributed by atoms with van der Waals surface area (Å²) < 4.78 is 16.3. The van der Waals surface area contributed by atoms with Gasteiger partial charge in [0.05, 0.1) is 12.0 Å². The number of β-lactam (4-membered cyclic amide) rings is 1. The molecule has 3 aliphatic rings. The lowest BCUT2D eigenvalue weighted by Gasteiger charge is -2.33. The third-order valence-corrected chi connectivity index (χ3v) is 4.79. The SMILES string of the molecule is N=[N+]=NCC1CC(=C2O[C@@H]3CC(=O)N3C2C(=O)OCc2ccccc2)C(=O)O1. The number of nitrogens with one attached hydrogen (secondary N) is 1. The Morgan fingerprint density at radius 1 is 1.25 bits per heavy atom. The summed E-state index contributed by atoms with van der Waals surface area (Å²) in [5.74, 6) is -1.43. The lowest BCUT2D eigenvalue weighted by atomic mass is 10.0. The zero-order valence-corrected chi connectivity index (χ0v) is 14.7. The van der Waals surface area contributed by atoms with E-state index in [1.165, 1.54) is 4.90 Å². The van der Waals surface area contributed by atoms with E-state index in [1.54, 1.807) is 0 Å². The molecule has 0 radical (unpaired) electrons. The lowest BCUT2D eigenvalue weighted by molar-refractivity contribution is -0.166. The van der Waals surface area contributed by atoms with Gasteiger partial charge in [0, 0.05) is 6.42 Å². The van der Waals surface area contributed by atoms with Gasteiger partial charge >= 0.3 is 11.9 Å². The van der Waals surface area contributed by atoms with Gasteiger partial charge in [-0.25, -0.2) is 9.59 Å². The van der Waals surface area contributed by atoms with Crippen LogP contribution in [0, 0.1) is 5.53 Å². The second kappa shape index (κ2) is 7.24. The summed E-state index contributed by atoms with van der Waals surface area (Å²) in [5, 5.41) is 3.52. The predicted molar refractivity (Wildman–Crippen MR) is 90.0 cm³/mol. The number of esters is 2. The molecule has 0 spiro atoms. The highest BCUT2D eigenvalue weighted by molar-refractivity contribution is 5.96. The zero-order chi connectivity index (χ0) is 19.7. The molecule has 1 amide bonds. The molecular weight excluding hydrogens is 368 g/mol. The van der Waals surface area contributed by atoms with Crippen LogP contribution in [0.1, 0.15) is 18.4 Å². The standard InChI is InChI=1S/C18H17N4O6/c19-21-20-8-11-6-12(17(24)27-11)16-15(22-13(23)7-14(22)28-16)18(25)26-9-10-4-2-1-3-5-10/h1-5,11,14-15,19H,6-9H2/q+1/t11?,14-,15?/m1/s1. The van der Waals surface area contributed by atoms with Crippen molar-refractivity contribution < 1.29 is 28.6 Å². The first-order chi connectivity index (χ1) is 13.6. The number of ether oxygens (including phenoxy) is 3. The van der Waals surface area contributed by atoms with E-state index in [0.29, 0.717) is 0 Å². The van der Waals surface area contributed by atoms with Gasteiger partial charge in [0.2, 0.25) is 10.8 Å². The highest BCUT2D eigenvalue weighted by Crippen LogP contribution is 2.40. The number of fused-ring (bicyclic) bond motifs is 1. The summed E-state index contributed by atoms with van der Waals surface area (Å²) in [5.41, 5.74) is 7.69. The maximum Gasteiger partial charge on any atom is 0.338 e. The maximum atomic E-state index is 12.7. The molecule has 10 heteroatoms. The van der Waals surface area contributed by atoms with Gasteiger partial charge in [-0.05, 0) is 5.56 Å². The molecule has 10 nitrogen and oxygen atoms in total. The Hall–Kier alpha value is -3.52. The van der Waals surface area contributed by atoms with Crippen LogP contribution in [-0.4, -0.2) is 47.7 Å². The molecule has 3 fully saturated rings. The summed E-state index contributed by atoms with van der Waals surface area (Å²) in [4.78, 5) is 41.2. The van der Waals surface area contributed by atoms with Gasteiger partial charge in [-0.2, -0.15) is 0 Å². The van der Waals surface area contributed by atoms with E-state index in [-0.39, 0.29) is 43.2 Å². The monoisotopic (exact) mass is 385 g/mol. The van der Waals surface area contributed by atoms with Gasteiger partial charge in [-0.1, -0.05) is 30.3 Å². The topological polar surface area (TPSA) is 132 Å². The molecule has 0 aromatic heterocycles. The van der Waals surface area contributed by atoms with Gasteiger partial charge in [0.1, 0.15) is 29.1 Å². The molecule has 1 aromatic rings. The van der Waals surface area contributed by atoms with Gasteiger partial charge in [0.25, 0.3) is 0 Å². The van der Waals surface area contributed by atoms with Crippen molar-refractivity contribution in [3.63, 3.8) is 0 Å². The minimum atomic E-state index is -1.10. The van der Waals surface area contributed by atoms with Gasteiger partial charge in [-0.3, -0.25) is 9.69 Å². The van der Waals surface area contributed by atoms with Crippen LogP contribution in [-0.2, 0) is 35.2 Å². The van der Waals surface area contributed by atoms with Crippen LogP contribution in [0.3, 0.4) is 0 Å². The van der Waals surface area contributed by atoms with E-state index in [9.17, 15) is 14.4 Å². The van der Waals surface area contributed by atoms with Crippen LogP contribution >= 0.6 is 0 Å². The molecule has 28 heavy (non-hydrogen) atoms. The molecular formula is C18H17N4O6+. The largest absolute Gasteiger partial charge is 0.471 e. The fourth-order valence-corrected chi connectivity index (χ4v) is 3.42. The molecule has 0 aliphatic carbocycles. The third-order valence-electron chi connectivity index (χ3n) is 4.79. The molecule has 3 aliphatic heterocycles. The molecule has 1 N–H and O–H groups in total. The van der Waals surface area contributed by atoms with Gasteiger partial charge in [0.15, 0.2) is 18.8 Å². The number of carbonyl (C=O) groups excluding carboxylic acids is 3. The number of hydrogen-bond acceptors (Lipinski definition) is 8. The lowest BCUT2D eigenvalue weighted by Crippen LogP contribution is -2.55. The average Bonchev–Trinajstić information content (AvgIpc) is 3.21. The van der Waals surface area contributed by atoms with E-state index < -0.39 is 30.3 Å². The van der Waals surface area contributed by atoms with Crippen molar-refractivity contribution >= 4 is 17.8 Å². The zero-order valence-electron chi connectivity index (χ0n) is 14.7. The van der Waals surface area contributed by atoms with Crippen molar-refractivity contribution in [2.75, 3.05) is 6.54 Å². The van der Waals surface area contributed by atoms with E-state index in [0.717, 1.165) is 5.56 Å². The van der Waals surface area contributed by atoms with Crippen molar-refractivity contribution in [2.24, 2.45) is 5.11 Å². The number of amides is 1. The number of hydrogen-bond donors (Lipinski definition) is 1. The van der Waals surface area contributed by atoms with Gasteiger partial charge < -0.3 is 14.2 Å². The number of benzene rings is 1. The number of rotatable bonds is 5.